The smallest absolute Gasteiger partial charge is 0.315 e. The standard InChI is InChI=1S/C10H18N2O3S/c1-2-15-10(14)8-16-7-9(13)12-5-3-11-4-6-12/h11H,2-8H2,1H3. The highest BCUT2D eigenvalue weighted by Gasteiger charge is 2.16. The van der Waals surface area contributed by atoms with Crippen molar-refractivity contribution in [1.82, 2.24) is 10.2 Å². The minimum absolute atomic E-state index is 0.107. The maximum Gasteiger partial charge on any atom is 0.315 e. The van der Waals surface area contributed by atoms with E-state index in [1.54, 1.807) is 6.92 Å². The highest BCUT2D eigenvalue weighted by molar-refractivity contribution is 8.00. The molecule has 1 N–H and O–H groups in total. The predicted octanol–water partition coefficient (Wildman–Crippen LogP) is -0.285. The number of amides is 1. The van der Waals surface area contributed by atoms with Gasteiger partial charge in [-0.05, 0) is 6.92 Å². The lowest BCUT2D eigenvalue weighted by Gasteiger charge is -2.27. The second kappa shape index (κ2) is 7.51. The Kier molecular flexibility index (Phi) is 6.25. The lowest BCUT2D eigenvalue weighted by Crippen LogP contribution is -2.47. The van der Waals surface area contributed by atoms with Crippen molar-refractivity contribution >= 4 is 23.6 Å². The second-order valence-corrected chi connectivity index (χ2v) is 4.41. The van der Waals surface area contributed by atoms with Gasteiger partial charge in [0.15, 0.2) is 0 Å². The normalized spacial score (nSPS) is 15.9. The van der Waals surface area contributed by atoms with Gasteiger partial charge < -0.3 is 15.0 Å². The van der Waals surface area contributed by atoms with Crippen molar-refractivity contribution in [3.05, 3.63) is 0 Å². The summed E-state index contributed by atoms with van der Waals surface area (Å²) in [4.78, 5) is 24.5. The molecule has 92 valence electrons. The summed E-state index contributed by atoms with van der Waals surface area (Å²) >= 11 is 1.32. The fourth-order valence-corrected chi connectivity index (χ4v) is 2.14. The Morgan fingerprint density at radius 3 is 2.62 bits per heavy atom. The Balaban J connectivity index is 2.12. The van der Waals surface area contributed by atoms with E-state index in [4.69, 9.17) is 4.74 Å². The van der Waals surface area contributed by atoms with Crippen LogP contribution in [0.15, 0.2) is 0 Å². The van der Waals surface area contributed by atoms with Gasteiger partial charge in [-0.25, -0.2) is 0 Å². The molecule has 0 aliphatic carbocycles. The van der Waals surface area contributed by atoms with Gasteiger partial charge in [-0.1, -0.05) is 0 Å². The quantitative estimate of drug-likeness (QED) is 0.676. The number of hydrogen-bond donors (Lipinski definition) is 1. The summed E-state index contributed by atoms with van der Waals surface area (Å²) in [5.41, 5.74) is 0. The van der Waals surface area contributed by atoms with E-state index in [2.05, 4.69) is 5.32 Å². The number of hydrogen-bond acceptors (Lipinski definition) is 5. The van der Waals surface area contributed by atoms with E-state index >= 15 is 0 Å². The number of piperazine rings is 1. The molecule has 0 aromatic heterocycles. The monoisotopic (exact) mass is 246 g/mol. The molecule has 0 aromatic carbocycles. The first-order valence-electron chi connectivity index (χ1n) is 5.46. The molecule has 6 heteroatoms. The zero-order valence-corrected chi connectivity index (χ0v) is 10.3. The summed E-state index contributed by atoms with van der Waals surface area (Å²) in [6.45, 7) is 5.40. The SMILES string of the molecule is CCOC(=O)CSCC(=O)N1CCNCC1. The van der Waals surface area contributed by atoms with Crippen LogP contribution in [0.25, 0.3) is 0 Å². The van der Waals surface area contributed by atoms with Crippen molar-refractivity contribution in [2.24, 2.45) is 0 Å². The van der Waals surface area contributed by atoms with E-state index in [0.717, 1.165) is 26.2 Å². The molecule has 1 aliphatic heterocycles. The van der Waals surface area contributed by atoms with E-state index in [9.17, 15) is 9.59 Å². The van der Waals surface area contributed by atoms with E-state index < -0.39 is 0 Å². The molecule has 0 aromatic rings. The lowest BCUT2D eigenvalue weighted by atomic mass is 10.3. The Labute approximate surface area is 99.9 Å². The molecule has 1 rings (SSSR count). The number of carbonyl (C=O) groups excluding carboxylic acids is 2. The number of nitrogens with zero attached hydrogens (tertiary/aromatic N) is 1. The van der Waals surface area contributed by atoms with Gasteiger partial charge >= 0.3 is 5.97 Å². The molecule has 0 bridgehead atoms. The minimum atomic E-state index is -0.249. The van der Waals surface area contributed by atoms with Crippen molar-refractivity contribution in [2.45, 2.75) is 6.92 Å². The molecule has 0 spiro atoms. The molecule has 0 atom stereocenters. The van der Waals surface area contributed by atoms with Crippen molar-refractivity contribution in [2.75, 3.05) is 44.3 Å². The van der Waals surface area contributed by atoms with Crippen LogP contribution in [0, 0.1) is 0 Å². The zero-order valence-electron chi connectivity index (χ0n) is 9.53. The van der Waals surface area contributed by atoms with Crippen LogP contribution in [0.5, 0.6) is 0 Å². The average Bonchev–Trinajstić information content (AvgIpc) is 2.30. The van der Waals surface area contributed by atoms with Gasteiger partial charge in [0.05, 0.1) is 18.1 Å². The van der Waals surface area contributed by atoms with Gasteiger partial charge in [0, 0.05) is 26.2 Å². The third-order valence-corrected chi connectivity index (χ3v) is 3.11. The van der Waals surface area contributed by atoms with Crippen molar-refractivity contribution in [3.8, 4) is 0 Å². The van der Waals surface area contributed by atoms with Crippen LogP contribution in [-0.2, 0) is 14.3 Å². The van der Waals surface area contributed by atoms with Gasteiger partial charge in [-0.15, -0.1) is 11.8 Å². The molecule has 0 unspecified atom stereocenters. The van der Waals surface area contributed by atoms with E-state index in [1.807, 2.05) is 4.90 Å². The van der Waals surface area contributed by atoms with E-state index in [0.29, 0.717) is 12.4 Å². The fourth-order valence-electron chi connectivity index (χ4n) is 1.43. The van der Waals surface area contributed by atoms with E-state index in [-0.39, 0.29) is 17.6 Å². The van der Waals surface area contributed by atoms with Gasteiger partial charge in [-0.3, -0.25) is 9.59 Å². The first kappa shape index (κ1) is 13.3. The number of carbonyl (C=O) groups is 2. The number of esters is 1. The average molecular weight is 246 g/mol. The summed E-state index contributed by atoms with van der Waals surface area (Å²) in [6, 6.07) is 0. The van der Waals surface area contributed by atoms with Crippen LogP contribution in [0.1, 0.15) is 6.92 Å². The molecule has 1 amide bonds. The Morgan fingerprint density at radius 2 is 2.00 bits per heavy atom. The van der Waals surface area contributed by atoms with Crippen LogP contribution in [0.3, 0.4) is 0 Å². The number of rotatable bonds is 5. The molecule has 1 heterocycles. The third kappa shape index (κ3) is 4.85. The van der Waals surface area contributed by atoms with Gasteiger partial charge in [0.2, 0.25) is 5.91 Å². The van der Waals surface area contributed by atoms with Crippen molar-refractivity contribution < 1.29 is 14.3 Å². The molecular formula is C10H18N2O3S. The largest absolute Gasteiger partial charge is 0.465 e. The predicted molar refractivity (Wildman–Crippen MR) is 63.4 cm³/mol. The summed E-state index contributed by atoms with van der Waals surface area (Å²) in [7, 11) is 0. The summed E-state index contributed by atoms with van der Waals surface area (Å²) in [5, 5.41) is 3.19. The van der Waals surface area contributed by atoms with Crippen LogP contribution in [0.4, 0.5) is 0 Å². The van der Waals surface area contributed by atoms with Crippen LogP contribution >= 0.6 is 11.8 Å². The topological polar surface area (TPSA) is 58.6 Å². The van der Waals surface area contributed by atoms with Crippen LogP contribution < -0.4 is 5.32 Å². The summed E-state index contributed by atoms with van der Waals surface area (Å²) in [6.07, 6.45) is 0. The molecular weight excluding hydrogens is 228 g/mol. The number of thioether (sulfide) groups is 1. The third-order valence-electron chi connectivity index (χ3n) is 2.22. The number of ether oxygens (including phenoxy) is 1. The first-order chi connectivity index (χ1) is 7.74. The van der Waals surface area contributed by atoms with Crippen molar-refractivity contribution in [1.29, 1.82) is 0 Å². The molecule has 1 saturated heterocycles. The van der Waals surface area contributed by atoms with Gasteiger partial charge in [-0.2, -0.15) is 0 Å². The molecule has 1 fully saturated rings. The molecule has 1 aliphatic rings. The fraction of sp³-hybridized carbons (Fsp3) is 0.800. The zero-order chi connectivity index (χ0) is 11.8. The van der Waals surface area contributed by atoms with Crippen LogP contribution in [-0.4, -0.2) is 61.1 Å². The lowest BCUT2D eigenvalue weighted by molar-refractivity contribution is -0.139. The van der Waals surface area contributed by atoms with Gasteiger partial charge in [0.1, 0.15) is 0 Å². The minimum Gasteiger partial charge on any atom is -0.465 e. The Morgan fingerprint density at radius 1 is 1.31 bits per heavy atom. The van der Waals surface area contributed by atoms with E-state index in [1.165, 1.54) is 11.8 Å². The molecule has 16 heavy (non-hydrogen) atoms. The highest BCUT2D eigenvalue weighted by atomic mass is 32.2. The summed E-state index contributed by atoms with van der Waals surface area (Å²) < 4.78 is 4.77. The highest BCUT2D eigenvalue weighted by Crippen LogP contribution is 2.04. The molecule has 0 radical (unpaired) electrons. The Bertz CT molecular complexity index is 242. The molecule has 0 saturated carbocycles. The first-order valence-corrected chi connectivity index (χ1v) is 6.61. The van der Waals surface area contributed by atoms with Crippen LogP contribution in [0.2, 0.25) is 0 Å². The Hall–Kier alpha value is -0.750. The maximum atomic E-state index is 11.7. The summed E-state index contributed by atoms with van der Waals surface area (Å²) in [5.74, 6) is 0.473. The second-order valence-electron chi connectivity index (χ2n) is 3.43. The van der Waals surface area contributed by atoms with Gasteiger partial charge in [0.25, 0.3) is 0 Å². The maximum absolute atomic E-state index is 11.7. The van der Waals surface area contributed by atoms with Crippen molar-refractivity contribution in [3.63, 3.8) is 0 Å². The number of nitrogens with one attached hydrogen (secondary N) is 1. The molecule has 5 nitrogen and oxygen atoms in total.